The van der Waals surface area contributed by atoms with E-state index in [2.05, 4.69) is 89.8 Å². The van der Waals surface area contributed by atoms with E-state index in [1.807, 2.05) is 20.3 Å². The summed E-state index contributed by atoms with van der Waals surface area (Å²) in [4.78, 5) is 42.4. The summed E-state index contributed by atoms with van der Waals surface area (Å²) < 4.78 is 31.6. The van der Waals surface area contributed by atoms with Gasteiger partial charge in [-0.2, -0.15) is 0 Å². The number of amides is 2. The fourth-order valence-corrected chi connectivity index (χ4v) is 9.54. The molecule has 2 unspecified atom stereocenters. The van der Waals surface area contributed by atoms with Gasteiger partial charge in [0.1, 0.15) is 23.1 Å². The number of aromatic hydroxyl groups is 2. The zero-order valence-corrected chi connectivity index (χ0v) is 37.4. The third-order valence-corrected chi connectivity index (χ3v) is 12.9. The summed E-state index contributed by atoms with van der Waals surface area (Å²) in [6.07, 6.45) is 4.74. The quantitative estimate of drug-likeness (QED) is 0.0697. The van der Waals surface area contributed by atoms with Crippen LogP contribution >= 0.6 is 0 Å². The van der Waals surface area contributed by atoms with Crippen LogP contribution in [0.15, 0.2) is 134 Å². The van der Waals surface area contributed by atoms with Crippen molar-refractivity contribution in [1.29, 1.82) is 0 Å². The van der Waals surface area contributed by atoms with Gasteiger partial charge in [-0.1, -0.05) is 24.3 Å². The molecule has 0 aliphatic carbocycles. The lowest BCUT2D eigenvalue weighted by Crippen LogP contribution is -2.22. The van der Waals surface area contributed by atoms with Crippen LogP contribution in [0.3, 0.4) is 0 Å². The van der Waals surface area contributed by atoms with E-state index in [0.717, 1.165) is 22.2 Å². The second-order valence-electron chi connectivity index (χ2n) is 17.3. The highest BCUT2D eigenvalue weighted by molar-refractivity contribution is 6.03. The first-order valence-electron chi connectivity index (χ1n) is 22.2. The number of halogens is 2. The molecule has 15 heteroatoms. The lowest BCUT2D eigenvalue weighted by molar-refractivity contribution is 0.0952. The molecule has 2 amide bonds. The fourth-order valence-electron chi connectivity index (χ4n) is 9.54. The summed E-state index contributed by atoms with van der Waals surface area (Å²) in [6.45, 7) is 1.76. The number of aldehydes is 1. The standard InChI is InChI=1S/C27H23FN4O2.C17H11FN2O3.C10H12N2/c1-32-9-8-16-3-2-15(10-24(16)32)13-29-14-23-25(20-6-4-17(28)11-22(20)30-23)26-21-12-18(33)5-7-19(21)27(34)31-26;18-8-1-3-11-13(5-8)19-14(7-21)15(11)16-12-6-9(22)2-4-10(12)17(23)20-16;1-12-5-4-9-3-2-8(7-11)6-10(9)12/h2-12,26,29-30,33H,13-14H2,1H3,(H,31,34);1-7,16,19,22H,(H,20,23);2-6H,7,11H2,1H3. The fraction of sp³-hybridized carbons (Fsp3) is 0.130. The van der Waals surface area contributed by atoms with Gasteiger partial charge in [-0.25, -0.2) is 8.78 Å². The number of aryl methyl sites for hydroxylation is 2. The third kappa shape index (κ3) is 8.34. The van der Waals surface area contributed by atoms with E-state index in [4.69, 9.17) is 5.73 Å². The molecule has 10 aromatic rings. The van der Waals surface area contributed by atoms with Crippen molar-refractivity contribution in [3.8, 4) is 11.5 Å². The molecule has 0 saturated heterocycles. The van der Waals surface area contributed by atoms with Gasteiger partial charge >= 0.3 is 0 Å². The largest absolute Gasteiger partial charge is 0.508 e. The number of fused-ring (bicyclic) bond motifs is 6. The molecule has 2 aliphatic heterocycles. The van der Waals surface area contributed by atoms with Crippen molar-refractivity contribution in [2.75, 3.05) is 0 Å². The van der Waals surface area contributed by atoms with Gasteiger partial charge < -0.3 is 51.0 Å². The maximum Gasteiger partial charge on any atom is 0.252 e. The molecule has 13 nitrogen and oxygen atoms in total. The van der Waals surface area contributed by atoms with Crippen LogP contribution in [-0.4, -0.2) is 47.4 Å². The SMILES string of the molecule is Cn1ccc2ccc(CN)cc21.Cn1ccc2ccc(CNCc3[nH]c4cc(F)ccc4c3C3NC(=O)c4ccc(O)cc43)cc21.O=Cc1[nH]c2cc(F)ccc2c1C1NC(=O)c2ccc(O)cc21. The Kier molecular flexibility index (Phi) is 11.5. The average Bonchev–Trinajstić information content (AvgIpc) is 4.20. The third-order valence-electron chi connectivity index (χ3n) is 12.9. The molecular weight excluding hydrogens is 879 g/mol. The minimum Gasteiger partial charge on any atom is -0.508 e. The van der Waals surface area contributed by atoms with Crippen molar-refractivity contribution >= 4 is 61.7 Å². The molecule has 69 heavy (non-hydrogen) atoms. The summed E-state index contributed by atoms with van der Waals surface area (Å²) in [5, 5.41) is 33.0. The van der Waals surface area contributed by atoms with Gasteiger partial charge in [0.05, 0.1) is 17.8 Å². The average molecular weight is 925 g/mol. The molecule has 0 spiro atoms. The zero-order valence-electron chi connectivity index (χ0n) is 37.4. The number of phenols is 2. The van der Waals surface area contributed by atoms with E-state index in [9.17, 15) is 33.4 Å². The number of H-pyrrole nitrogens is 2. The van der Waals surface area contributed by atoms with E-state index in [1.54, 1.807) is 24.3 Å². The number of carbonyl (C=O) groups excluding carboxylic acids is 3. The summed E-state index contributed by atoms with van der Waals surface area (Å²) in [5.74, 6) is -1.09. The number of nitrogens with zero attached hydrogens (tertiary/aromatic N) is 2. The number of nitrogens with two attached hydrogens (primary N) is 1. The number of carbonyl (C=O) groups is 3. The molecule has 2 aliphatic rings. The number of benzene rings is 6. The van der Waals surface area contributed by atoms with Gasteiger partial charge in [0.25, 0.3) is 11.8 Å². The summed E-state index contributed by atoms with van der Waals surface area (Å²) in [7, 11) is 4.07. The van der Waals surface area contributed by atoms with E-state index < -0.39 is 17.9 Å². The smallest absolute Gasteiger partial charge is 0.252 e. The molecular formula is C54H46F2N8O5. The number of hydrogen-bond donors (Lipinski definition) is 8. The predicted molar refractivity (Wildman–Crippen MR) is 261 cm³/mol. The number of aromatic nitrogens is 4. The van der Waals surface area contributed by atoms with Crippen molar-refractivity contribution in [3.05, 3.63) is 201 Å². The van der Waals surface area contributed by atoms with Gasteiger partial charge in [0.15, 0.2) is 6.29 Å². The van der Waals surface area contributed by atoms with Crippen molar-refractivity contribution < 1.29 is 33.4 Å². The Morgan fingerprint density at radius 3 is 1.71 bits per heavy atom. The Hall–Kier alpha value is -8.53. The van der Waals surface area contributed by atoms with Crippen LogP contribution in [0.2, 0.25) is 0 Å². The molecule has 0 radical (unpaired) electrons. The Labute approximate surface area is 393 Å². The molecule has 6 aromatic carbocycles. The first-order chi connectivity index (χ1) is 33.4. The molecule has 0 saturated carbocycles. The lowest BCUT2D eigenvalue weighted by atomic mass is 9.95. The Balaban J connectivity index is 0.000000135. The second-order valence-corrected chi connectivity index (χ2v) is 17.3. The molecule has 0 fully saturated rings. The van der Waals surface area contributed by atoms with Crippen molar-refractivity contribution in [2.24, 2.45) is 19.8 Å². The van der Waals surface area contributed by atoms with E-state index >= 15 is 0 Å². The number of phenolic OH excluding ortho intramolecular Hbond substituents is 2. The predicted octanol–water partition coefficient (Wildman–Crippen LogP) is 8.92. The first-order valence-corrected chi connectivity index (χ1v) is 22.2. The minimum absolute atomic E-state index is 0.0313. The van der Waals surface area contributed by atoms with Gasteiger partial charge in [-0.3, -0.25) is 14.4 Å². The van der Waals surface area contributed by atoms with Crippen molar-refractivity contribution in [2.45, 2.75) is 31.7 Å². The molecule has 12 rings (SSSR count). The number of rotatable bonds is 8. The number of nitrogens with one attached hydrogen (secondary N) is 5. The van der Waals surface area contributed by atoms with Crippen LogP contribution in [0.4, 0.5) is 8.78 Å². The summed E-state index contributed by atoms with van der Waals surface area (Å²) in [6, 6.07) is 33.9. The van der Waals surface area contributed by atoms with Crippen molar-refractivity contribution in [1.82, 2.24) is 35.1 Å². The highest BCUT2D eigenvalue weighted by Crippen LogP contribution is 2.40. The van der Waals surface area contributed by atoms with E-state index in [-0.39, 0.29) is 34.8 Å². The summed E-state index contributed by atoms with van der Waals surface area (Å²) >= 11 is 0. The van der Waals surface area contributed by atoms with Crippen LogP contribution in [-0.2, 0) is 33.7 Å². The molecule has 4 aromatic heterocycles. The minimum atomic E-state index is -0.580. The topological polar surface area (TPSA) is 195 Å². The van der Waals surface area contributed by atoms with Crippen LogP contribution in [0.5, 0.6) is 11.5 Å². The van der Waals surface area contributed by atoms with Crippen LogP contribution < -0.4 is 21.7 Å². The van der Waals surface area contributed by atoms with E-state index in [0.29, 0.717) is 70.2 Å². The van der Waals surface area contributed by atoms with Gasteiger partial charge in [-0.05, 0) is 130 Å². The van der Waals surface area contributed by atoms with Crippen LogP contribution in [0, 0.1) is 11.6 Å². The monoisotopic (exact) mass is 924 g/mol. The zero-order chi connectivity index (χ0) is 48.1. The Morgan fingerprint density at radius 2 is 1.14 bits per heavy atom. The Bertz CT molecular complexity index is 3660. The summed E-state index contributed by atoms with van der Waals surface area (Å²) in [5.41, 5.74) is 16.3. The second kappa shape index (κ2) is 17.9. The molecule has 6 heterocycles. The number of hydrogen-bond acceptors (Lipinski definition) is 7. The van der Waals surface area contributed by atoms with Crippen molar-refractivity contribution in [3.63, 3.8) is 0 Å². The maximum absolute atomic E-state index is 14.0. The van der Waals surface area contributed by atoms with E-state index in [1.165, 1.54) is 75.9 Å². The van der Waals surface area contributed by atoms with Crippen LogP contribution in [0.1, 0.15) is 82.4 Å². The molecule has 346 valence electrons. The highest BCUT2D eigenvalue weighted by atomic mass is 19.1. The highest BCUT2D eigenvalue weighted by Gasteiger charge is 2.35. The van der Waals surface area contributed by atoms with Gasteiger partial charge in [-0.15, -0.1) is 0 Å². The normalized spacial score (nSPS) is 14.9. The lowest BCUT2D eigenvalue weighted by Gasteiger charge is -2.15. The molecule has 0 bridgehead atoms. The first kappa shape index (κ1) is 44.3. The molecule has 9 N–H and O–H groups in total. The van der Waals surface area contributed by atoms with Gasteiger partial charge in [0.2, 0.25) is 0 Å². The Morgan fingerprint density at radius 1 is 0.623 bits per heavy atom. The number of aromatic amines is 2. The molecule has 2 atom stereocenters. The van der Waals surface area contributed by atoms with Gasteiger partial charge in [0, 0.05) is 107 Å². The van der Waals surface area contributed by atoms with Crippen LogP contribution in [0.25, 0.3) is 43.6 Å². The maximum atomic E-state index is 14.0.